The lowest BCUT2D eigenvalue weighted by Crippen LogP contribution is -2.44. The van der Waals surface area contributed by atoms with Gasteiger partial charge in [-0.2, -0.15) is 5.10 Å². The van der Waals surface area contributed by atoms with Gasteiger partial charge >= 0.3 is 0 Å². The van der Waals surface area contributed by atoms with Gasteiger partial charge in [0.1, 0.15) is 0 Å². The molecule has 20 heavy (non-hydrogen) atoms. The fourth-order valence-electron chi connectivity index (χ4n) is 2.36. The molecule has 2 N–H and O–H groups in total. The van der Waals surface area contributed by atoms with E-state index in [0.29, 0.717) is 6.54 Å². The molecule has 1 amide bonds. The predicted octanol–water partition coefficient (Wildman–Crippen LogP) is 0.609. The summed E-state index contributed by atoms with van der Waals surface area (Å²) in [6.45, 7) is 5.29. The summed E-state index contributed by atoms with van der Waals surface area (Å²) in [6.07, 6.45) is 4.78. The van der Waals surface area contributed by atoms with E-state index >= 15 is 0 Å². The van der Waals surface area contributed by atoms with Crippen molar-refractivity contribution in [1.82, 2.24) is 19.6 Å². The van der Waals surface area contributed by atoms with Gasteiger partial charge < -0.3 is 10.6 Å². The summed E-state index contributed by atoms with van der Waals surface area (Å²) in [5, 5.41) is 4.22. The van der Waals surface area contributed by atoms with E-state index in [1.807, 2.05) is 26.4 Å². The average Bonchev–Trinajstić information content (AvgIpc) is 2.75. The molecule has 2 atom stereocenters. The molecule has 1 aromatic heterocycles. The van der Waals surface area contributed by atoms with Gasteiger partial charge in [-0.3, -0.25) is 14.4 Å². The lowest BCUT2D eigenvalue weighted by molar-refractivity contribution is -0.130. The Hall–Kier alpha value is -1.40. The molecule has 1 rings (SSSR count). The number of rotatable bonds is 7. The molecule has 0 saturated heterocycles. The Morgan fingerprint density at radius 2 is 2.15 bits per heavy atom. The third-order valence-electron chi connectivity index (χ3n) is 3.31. The number of carbonyl (C=O) groups excluding carboxylic acids is 1. The SMILES string of the molecule is CCCN(CC(=O)N(C)C)C(c1cnn(C)c1)C(C)N. The Kier molecular flexibility index (Phi) is 6.16. The lowest BCUT2D eigenvalue weighted by Gasteiger charge is -2.33. The molecule has 0 bridgehead atoms. The van der Waals surface area contributed by atoms with Crippen molar-refractivity contribution in [2.45, 2.75) is 32.4 Å². The van der Waals surface area contributed by atoms with Crippen LogP contribution < -0.4 is 5.73 Å². The molecule has 0 fully saturated rings. The van der Waals surface area contributed by atoms with Crippen LogP contribution in [0.2, 0.25) is 0 Å². The Morgan fingerprint density at radius 3 is 2.55 bits per heavy atom. The van der Waals surface area contributed by atoms with Crippen LogP contribution in [0.1, 0.15) is 31.9 Å². The van der Waals surface area contributed by atoms with Crippen molar-refractivity contribution in [3.63, 3.8) is 0 Å². The normalized spacial score (nSPS) is 14.3. The summed E-state index contributed by atoms with van der Waals surface area (Å²) in [5.74, 6) is 0.0907. The van der Waals surface area contributed by atoms with Crippen molar-refractivity contribution < 1.29 is 4.79 Å². The highest BCUT2D eigenvalue weighted by atomic mass is 16.2. The molecule has 1 heterocycles. The van der Waals surface area contributed by atoms with Gasteiger partial charge in [-0.05, 0) is 19.9 Å². The number of aromatic nitrogens is 2. The van der Waals surface area contributed by atoms with E-state index in [2.05, 4.69) is 16.9 Å². The van der Waals surface area contributed by atoms with E-state index in [9.17, 15) is 4.79 Å². The van der Waals surface area contributed by atoms with Crippen LogP contribution in [-0.2, 0) is 11.8 Å². The van der Waals surface area contributed by atoms with Gasteiger partial charge in [0.25, 0.3) is 0 Å². The van der Waals surface area contributed by atoms with Crippen LogP contribution >= 0.6 is 0 Å². The van der Waals surface area contributed by atoms with Gasteiger partial charge in [-0.25, -0.2) is 0 Å². The van der Waals surface area contributed by atoms with E-state index in [0.717, 1.165) is 18.5 Å². The second kappa shape index (κ2) is 7.40. The van der Waals surface area contributed by atoms with Crippen LogP contribution in [0.25, 0.3) is 0 Å². The van der Waals surface area contributed by atoms with Gasteiger partial charge in [0.05, 0.1) is 18.8 Å². The van der Waals surface area contributed by atoms with Crippen LogP contribution in [0, 0.1) is 0 Å². The molecule has 0 aromatic carbocycles. The molecule has 1 aromatic rings. The third-order valence-corrected chi connectivity index (χ3v) is 3.31. The number of nitrogens with two attached hydrogens (primary N) is 1. The molecule has 0 saturated carbocycles. The highest BCUT2D eigenvalue weighted by Gasteiger charge is 2.26. The Bertz CT molecular complexity index is 427. The summed E-state index contributed by atoms with van der Waals surface area (Å²) >= 11 is 0. The molecule has 0 aliphatic carbocycles. The molecule has 6 heteroatoms. The highest BCUT2D eigenvalue weighted by Crippen LogP contribution is 2.23. The maximum absolute atomic E-state index is 12.0. The van der Waals surface area contributed by atoms with Gasteiger partial charge in [-0.1, -0.05) is 6.92 Å². The first-order valence-electron chi connectivity index (χ1n) is 7.05. The van der Waals surface area contributed by atoms with E-state index in [1.54, 1.807) is 23.7 Å². The number of nitrogens with zero attached hydrogens (tertiary/aromatic N) is 4. The van der Waals surface area contributed by atoms with E-state index in [-0.39, 0.29) is 18.0 Å². The summed E-state index contributed by atoms with van der Waals surface area (Å²) in [6, 6.07) is -0.0618. The standard InChI is InChI=1S/C14H27N5O/c1-6-7-19(10-13(20)17(3)4)14(11(2)15)12-8-16-18(5)9-12/h8-9,11,14H,6-7,10,15H2,1-5H3. The molecule has 114 valence electrons. The highest BCUT2D eigenvalue weighted by molar-refractivity contribution is 5.77. The van der Waals surface area contributed by atoms with Gasteiger partial charge in [0.2, 0.25) is 5.91 Å². The van der Waals surface area contributed by atoms with Crippen LogP contribution in [0.4, 0.5) is 0 Å². The van der Waals surface area contributed by atoms with E-state index < -0.39 is 0 Å². The second-order valence-corrected chi connectivity index (χ2v) is 5.51. The third kappa shape index (κ3) is 4.31. The minimum atomic E-state index is -0.0688. The van der Waals surface area contributed by atoms with Gasteiger partial charge in [0.15, 0.2) is 0 Å². The minimum absolute atomic E-state index is 0.00699. The van der Waals surface area contributed by atoms with Crippen molar-refractivity contribution in [2.75, 3.05) is 27.2 Å². The quantitative estimate of drug-likeness (QED) is 0.795. The van der Waals surface area contributed by atoms with Crippen molar-refractivity contribution in [2.24, 2.45) is 12.8 Å². The zero-order valence-corrected chi connectivity index (χ0v) is 13.2. The molecule has 0 aliphatic rings. The zero-order chi connectivity index (χ0) is 15.3. The van der Waals surface area contributed by atoms with Gasteiger partial charge in [-0.15, -0.1) is 0 Å². The van der Waals surface area contributed by atoms with Crippen LogP contribution in [0.5, 0.6) is 0 Å². The number of amides is 1. The fraction of sp³-hybridized carbons (Fsp3) is 0.714. The number of likely N-dealkylation sites (N-methyl/N-ethyl adjacent to an activating group) is 1. The Balaban J connectivity index is 2.97. The molecule has 2 unspecified atom stereocenters. The number of hydrogen-bond acceptors (Lipinski definition) is 4. The zero-order valence-electron chi connectivity index (χ0n) is 13.2. The molecule has 6 nitrogen and oxygen atoms in total. The van der Waals surface area contributed by atoms with E-state index in [4.69, 9.17) is 5.73 Å². The van der Waals surface area contributed by atoms with Crippen molar-refractivity contribution in [3.05, 3.63) is 18.0 Å². The van der Waals surface area contributed by atoms with Crippen molar-refractivity contribution in [3.8, 4) is 0 Å². The Morgan fingerprint density at radius 1 is 1.50 bits per heavy atom. The van der Waals surface area contributed by atoms with Crippen LogP contribution in [-0.4, -0.2) is 58.7 Å². The predicted molar refractivity (Wildman–Crippen MR) is 80.2 cm³/mol. The Labute approximate surface area is 121 Å². The second-order valence-electron chi connectivity index (χ2n) is 5.51. The number of aryl methyl sites for hydroxylation is 1. The first-order chi connectivity index (χ1) is 9.36. The lowest BCUT2D eigenvalue weighted by atomic mass is 10.0. The summed E-state index contributed by atoms with van der Waals surface area (Å²) < 4.78 is 1.77. The van der Waals surface area contributed by atoms with E-state index in [1.165, 1.54) is 0 Å². The monoisotopic (exact) mass is 281 g/mol. The molecule has 0 aliphatic heterocycles. The maximum Gasteiger partial charge on any atom is 0.236 e. The van der Waals surface area contributed by atoms with Crippen molar-refractivity contribution >= 4 is 5.91 Å². The van der Waals surface area contributed by atoms with Crippen LogP contribution in [0.3, 0.4) is 0 Å². The molecule has 0 radical (unpaired) electrons. The van der Waals surface area contributed by atoms with Crippen LogP contribution in [0.15, 0.2) is 12.4 Å². The van der Waals surface area contributed by atoms with Crippen molar-refractivity contribution in [1.29, 1.82) is 0 Å². The molecule has 0 spiro atoms. The average molecular weight is 281 g/mol. The summed E-state index contributed by atoms with van der Waals surface area (Å²) in [4.78, 5) is 15.8. The first kappa shape index (κ1) is 16.7. The number of hydrogen-bond donors (Lipinski definition) is 1. The largest absolute Gasteiger partial charge is 0.348 e. The minimum Gasteiger partial charge on any atom is -0.348 e. The summed E-state index contributed by atoms with van der Waals surface area (Å²) in [5.41, 5.74) is 7.22. The molecular weight excluding hydrogens is 254 g/mol. The smallest absolute Gasteiger partial charge is 0.236 e. The van der Waals surface area contributed by atoms with Gasteiger partial charge in [0, 0.05) is 38.9 Å². The topological polar surface area (TPSA) is 67.4 Å². The molecular formula is C14H27N5O. The first-order valence-corrected chi connectivity index (χ1v) is 7.05. The number of carbonyl (C=O) groups is 1. The fourth-order valence-corrected chi connectivity index (χ4v) is 2.36. The maximum atomic E-state index is 12.0. The summed E-state index contributed by atoms with van der Waals surface area (Å²) in [7, 11) is 5.44.